The summed E-state index contributed by atoms with van der Waals surface area (Å²) in [4.78, 5) is 11.3. The predicted molar refractivity (Wildman–Crippen MR) is 58.3 cm³/mol. The van der Waals surface area contributed by atoms with Crippen LogP contribution in [-0.4, -0.2) is 21.9 Å². The van der Waals surface area contributed by atoms with Crippen LogP contribution in [0.15, 0.2) is 12.4 Å². The van der Waals surface area contributed by atoms with Crippen molar-refractivity contribution < 1.29 is 4.79 Å². The van der Waals surface area contributed by atoms with Crippen molar-refractivity contribution in [3.05, 3.63) is 18.0 Å². The molecule has 2 amide bonds. The molecule has 0 radical (unpaired) electrons. The normalized spacial score (nSPS) is 12.2. The van der Waals surface area contributed by atoms with Gasteiger partial charge in [-0.05, 0) is 13.3 Å². The van der Waals surface area contributed by atoms with Gasteiger partial charge in [0.1, 0.15) is 0 Å². The van der Waals surface area contributed by atoms with Crippen LogP contribution in [0.4, 0.5) is 4.79 Å². The van der Waals surface area contributed by atoms with E-state index in [-0.39, 0.29) is 12.1 Å². The van der Waals surface area contributed by atoms with Gasteiger partial charge in [0.2, 0.25) is 0 Å². The Labute approximate surface area is 89.9 Å². The van der Waals surface area contributed by atoms with Crippen LogP contribution in [0.25, 0.3) is 0 Å². The Kier molecular flexibility index (Phi) is 4.15. The molecule has 0 bridgehead atoms. The second-order valence-electron chi connectivity index (χ2n) is 3.66. The average molecular weight is 210 g/mol. The molecular weight excluding hydrogens is 192 g/mol. The third-order valence-electron chi connectivity index (χ3n) is 2.20. The lowest BCUT2D eigenvalue weighted by Gasteiger charge is -2.11. The fraction of sp³-hybridized carbons (Fsp3) is 0.600. The van der Waals surface area contributed by atoms with E-state index in [4.69, 9.17) is 0 Å². The molecule has 1 aromatic heterocycles. The summed E-state index contributed by atoms with van der Waals surface area (Å²) in [6.45, 7) is 4.52. The third-order valence-corrected chi connectivity index (χ3v) is 2.20. The van der Waals surface area contributed by atoms with Crippen LogP contribution in [-0.2, 0) is 13.6 Å². The van der Waals surface area contributed by atoms with E-state index in [1.807, 2.05) is 27.1 Å². The second kappa shape index (κ2) is 5.38. The lowest BCUT2D eigenvalue weighted by atomic mass is 10.3. The highest BCUT2D eigenvalue weighted by molar-refractivity contribution is 5.74. The molecular formula is C10H18N4O. The number of hydrogen-bond donors (Lipinski definition) is 2. The van der Waals surface area contributed by atoms with Gasteiger partial charge >= 0.3 is 6.03 Å². The number of aromatic nitrogens is 2. The first-order valence-corrected chi connectivity index (χ1v) is 5.13. The van der Waals surface area contributed by atoms with E-state index in [0.29, 0.717) is 6.54 Å². The van der Waals surface area contributed by atoms with Crippen molar-refractivity contribution >= 4 is 6.03 Å². The van der Waals surface area contributed by atoms with E-state index in [1.165, 1.54) is 0 Å². The van der Waals surface area contributed by atoms with Crippen LogP contribution in [0.5, 0.6) is 0 Å². The first kappa shape index (κ1) is 11.6. The Hall–Kier alpha value is -1.52. The molecule has 1 atom stereocenters. The first-order chi connectivity index (χ1) is 7.11. The van der Waals surface area contributed by atoms with Crippen molar-refractivity contribution in [1.82, 2.24) is 20.4 Å². The molecule has 0 aliphatic rings. The number of nitrogens with zero attached hydrogens (tertiary/aromatic N) is 2. The largest absolute Gasteiger partial charge is 0.336 e. The Balaban J connectivity index is 2.28. The number of aryl methyl sites for hydroxylation is 1. The standard InChI is InChI=1S/C10H18N4O/c1-4-8(2)13-10(15)11-5-9-6-12-14(3)7-9/h6-8H,4-5H2,1-3H3,(H2,11,13,15)/t8-/m1/s1. The number of nitrogens with one attached hydrogen (secondary N) is 2. The number of amides is 2. The molecule has 0 fully saturated rings. The Morgan fingerprint density at radius 1 is 1.67 bits per heavy atom. The zero-order valence-corrected chi connectivity index (χ0v) is 9.45. The van der Waals surface area contributed by atoms with E-state index in [0.717, 1.165) is 12.0 Å². The SMILES string of the molecule is CC[C@@H](C)NC(=O)NCc1cnn(C)c1. The number of hydrogen-bond acceptors (Lipinski definition) is 2. The molecule has 0 aliphatic carbocycles. The number of carbonyl (C=O) groups is 1. The summed E-state index contributed by atoms with van der Waals surface area (Å²) in [6, 6.07) is 0.0760. The van der Waals surface area contributed by atoms with Crippen molar-refractivity contribution in [1.29, 1.82) is 0 Å². The Morgan fingerprint density at radius 3 is 2.93 bits per heavy atom. The van der Waals surface area contributed by atoms with E-state index in [2.05, 4.69) is 15.7 Å². The van der Waals surface area contributed by atoms with Crippen molar-refractivity contribution in [3.63, 3.8) is 0 Å². The maximum Gasteiger partial charge on any atom is 0.315 e. The fourth-order valence-electron chi connectivity index (χ4n) is 1.12. The van der Waals surface area contributed by atoms with Gasteiger partial charge in [0.25, 0.3) is 0 Å². The monoisotopic (exact) mass is 210 g/mol. The Bertz CT molecular complexity index is 321. The van der Waals surface area contributed by atoms with Crippen LogP contribution in [0, 0.1) is 0 Å². The van der Waals surface area contributed by atoms with Crippen LogP contribution in [0.2, 0.25) is 0 Å². The zero-order valence-electron chi connectivity index (χ0n) is 9.45. The summed E-state index contributed by atoms with van der Waals surface area (Å²) in [6.07, 6.45) is 4.55. The summed E-state index contributed by atoms with van der Waals surface area (Å²) in [5.74, 6) is 0. The summed E-state index contributed by atoms with van der Waals surface area (Å²) >= 11 is 0. The molecule has 0 spiro atoms. The molecule has 0 unspecified atom stereocenters. The molecule has 15 heavy (non-hydrogen) atoms. The summed E-state index contributed by atoms with van der Waals surface area (Å²) in [7, 11) is 1.85. The smallest absolute Gasteiger partial charge is 0.315 e. The highest BCUT2D eigenvalue weighted by Gasteiger charge is 2.04. The predicted octanol–water partition coefficient (Wildman–Crippen LogP) is 1.02. The first-order valence-electron chi connectivity index (χ1n) is 5.13. The van der Waals surface area contributed by atoms with E-state index in [9.17, 15) is 4.79 Å². The van der Waals surface area contributed by atoms with Crippen LogP contribution in [0.1, 0.15) is 25.8 Å². The molecule has 2 N–H and O–H groups in total. The maximum atomic E-state index is 11.3. The van der Waals surface area contributed by atoms with Gasteiger partial charge in [-0.25, -0.2) is 4.79 Å². The maximum absolute atomic E-state index is 11.3. The van der Waals surface area contributed by atoms with Crippen LogP contribution < -0.4 is 10.6 Å². The zero-order chi connectivity index (χ0) is 11.3. The molecule has 0 saturated carbocycles. The van der Waals surface area contributed by atoms with Gasteiger partial charge in [-0.3, -0.25) is 4.68 Å². The van der Waals surface area contributed by atoms with E-state index < -0.39 is 0 Å². The summed E-state index contributed by atoms with van der Waals surface area (Å²) < 4.78 is 1.71. The van der Waals surface area contributed by atoms with Crippen molar-refractivity contribution in [2.75, 3.05) is 0 Å². The third kappa shape index (κ3) is 4.01. The number of carbonyl (C=O) groups excluding carboxylic acids is 1. The minimum atomic E-state index is -0.131. The number of rotatable bonds is 4. The molecule has 1 rings (SSSR count). The second-order valence-corrected chi connectivity index (χ2v) is 3.66. The summed E-state index contributed by atoms with van der Waals surface area (Å²) in [5.41, 5.74) is 0.997. The van der Waals surface area contributed by atoms with Gasteiger partial charge in [0, 0.05) is 31.4 Å². The highest BCUT2D eigenvalue weighted by Crippen LogP contribution is 1.95. The minimum Gasteiger partial charge on any atom is -0.336 e. The lowest BCUT2D eigenvalue weighted by molar-refractivity contribution is 0.237. The van der Waals surface area contributed by atoms with E-state index >= 15 is 0 Å². The molecule has 1 aromatic rings. The summed E-state index contributed by atoms with van der Waals surface area (Å²) in [5, 5.41) is 9.62. The van der Waals surface area contributed by atoms with Gasteiger partial charge < -0.3 is 10.6 Å². The quantitative estimate of drug-likeness (QED) is 0.779. The average Bonchev–Trinajstić information content (AvgIpc) is 2.61. The van der Waals surface area contributed by atoms with Crippen molar-refractivity contribution in [2.24, 2.45) is 7.05 Å². The molecule has 5 nitrogen and oxygen atoms in total. The van der Waals surface area contributed by atoms with Crippen LogP contribution in [0.3, 0.4) is 0 Å². The Morgan fingerprint density at radius 2 is 2.40 bits per heavy atom. The molecule has 84 valence electrons. The van der Waals surface area contributed by atoms with Gasteiger partial charge in [-0.1, -0.05) is 6.92 Å². The number of urea groups is 1. The highest BCUT2D eigenvalue weighted by atomic mass is 16.2. The molecule has 5 heteroatoms. The van der Waals surface area contributed by atoms with Gasteiger partial charge in [0.05, 0.1) is 6.20 Å². The molecule has 1 heterocycles. The van der Waals surface area contributed by atoms with Crippen molar-refractivity contribution in [3.8, 4) is 0 Å². The molecule has 0 saturated heterocycles. The topological polar surface area (TPSA) is 59.0 Å². The minimum absolute atomic E-state index is 0.131. The van der Waals surface area contributed by atoms with Gasteiger partial charge in [0.15, 0.2) is 0 Å². The lowest BCUT2D eigenvalue weighted by Crippen LogP contribution is -2.40. The van der Waals surface area contributed by atoms with Crippen molar-refractivity contribution in [2.45, 2.75) is 32.9 Å². The van der Waals surface area contributed by atoms with Gasteiger partial charge in [-0.15, -0.1) is 0 Å². The molecule has 0 aromatic carbocycles. The van der Waals surface area contributed by atoms with Gasteiger partial charge in [-0.2, -0.15) is 5.10 Å². The molecule has 0 aliphatic heterocycles. The van der Waals surface area contributed by atoms with E-state index in [1.54, 1.807) is 10.9 Å². The fourth-order valence-corrected chi connectivity index (χ4v) is 1.12. The van der Waals surface area contributed by atoms with Crippen LogP contribution >= 0.6 is 0 Å².